The number of fused-ring (bicyclic) bond motifs is 4. The Balaban J connectivity index is 1.86. The van der Waals surface area contributed by atoms with Gasteiger partial charge in [0.05, 0.1) is 0 Å². The number of amides is 3. The molecule has 2 bridgehead atoms. The van der Waals surface area contributed by atoms with Crippen LogP contribution in [0.3, 0.4) is 0 Å². The Morgan fingerprint density at radius 1 is 1.12 bits per heavy atom. The summed E-state index contributed by atoms with van der Waals surface area (Å²) in [6.07, 6.45) is 0.775. The Morgan fingerprint density at radius 2 is 1.85 bits per heavy atom. The van der Waals surface area contributed by atoms with Gasteiger partial charge in [0.15, 0.2) is 0 Å². The minimum absolute atomic E-state index is 0.0174. The van der Waals surface area contributed by atoms with Crippen LogP contribution in [0.1, 0.15) is 37.9 Å². The molecule has 2 aliphatic rings. The molecule has 3 atom stereocenters. The second kappa shape index (κ2) is 7.31. The molecule has 1 saturated heterocycles. The molecule has 0 saturated carbocycles. The summed E-state index contributed by atoms with van der Waals surface area (Å²) in [4.78, 5) is 49.9. The van der Waals surface area contributed by atoms with Crippen LogP contribution in [0.15, 0.2) is 23.0 Å². The highest BCUT2D eigenvalue weighted by Gasteiger charge is 2.44. The van der Waals surface area contributed by atoms with Crippen LogP contribution in [0.25, 0.3) is 0 Å². The zero-order valence-electron chi connectivity index (χ0n) is 15.0. The molecule has 0 spiro atoms. The van der Waals surface area contributed by atoms with Gasteiger partial charge in [-0.15, -0.1) is 0 Å². The quantitative estimate of drug-likeness (QED) is 0.714. The highest BCUT2D eigenvalue weighted by atomic mass is 16.2. The van der Waals surface area contributed by atoms with E-state index >= 15 is 0 Å². The normalized spacial score (nSPS) is 23.8. The zero-order valence-corrected chi connectivity index (χ0v) is 15.0. The maximum absolute atomic E-state index is 12.8. The third-order valence-electron chi connectivity index (χ3n) is 5.16. The summed E-state index contributed by atoms with van der Waals surface area (Å²) < 4.78 is 1.59. The molecule has 2 N–H and O–H groups in total. The average molecular weight is 360 g/mol. The van der Waals surface area contributed by atoms with Crippen LogP contribution in [0.4, 0.5) is 0 Å². The van der Waals surface area contributed by atoms with Crippen molar-refractivity contribution in [3.63, 3.8) is 0 Å². The van der Waals surface area contributed by atoms with Gasteiger partial charge in [-0.05, 0) is 12.5 Å². The van der Waals surface area contributed by atoms with Gasteiger partial charge in [-0.2, -0.15) is 0 Å². The van der Waals surface area contributed by atoms with Gasteiger partial charge in [-0.25, -0.2) is 0 Å². The fourth-order valence-electron chi connectivity index (χ4n) is 4.06. The summed E-state index contributed by atoms with van der Waals surface area (Å²) in [6.45, 7) is 4.61. The summed E-state index contributed by atoms with van der Waals surface area (Å²) in [7, 11) is 0. The molecule has 1 aromatic rings. The molecule has 26 heavy (non-hydrogen) atoms. The molecule has 3 rings (SSSR count). The zero-order chi connectivity index (χ0) is 18.8. The van der Waals surface area contributed by atoms with Crippen LogP contribution >= 0.6 is 0 Å². The Hall–Kier alpha value is -2.64. The van der Waals surface area contributed by atoms with Gasteiger partial charge < -0.3 is 15.5 Å². The van der Waals surface area contributed by atoms with Crippen molar-refractivity contribution in [2.75, 3.05) is 26.2 Å². The van der Waals surface area contributed by atoms with E-state index in [2.05, 4.69) is 10.6 Å². The molecule has 2 aliphatic heterocycles. The van der Waals surface area contributed by atoms with E-state index in [1.54, 1.807) is 15.5 Å². The molecule has 1 aromatic heterocycles. The lowest BCUT2D eigenvalue weighted by Gasteiger charge is -2.46. The topological polar surface area (TPSA) is 101 Å². The number of nitrogens with one attached hydrogen (secondary N) is 2. The lowest BCUT2D eigenvalue weighted by Crippen LogP contribution is -2.54. The molecule has 1 fully saturated rings. The van der Waals surface area contributed by atoms with Crippen LogP contribution in [0, 0.1) is 5.92 Å². The second-order valence-corrected chi connectivity index (χ2v) is 6.99. The standard InChI is InChI=1S/C18H24N4O4/c1-11(23)19-6-7-20-18(26)17-14-8-13(9-21(10-14)12(2)24)15-4-3-5-16(25)22(15)17/h3-5,13-14,17H,6-10H2,1-2H3,(H,19,23)(H,20,26)/t13-,14+,17-/m1/s1. The van der Waals surface area contributed by atoms with Crippen molar-refractivity contribution in [1.29, 1.82) is 0 Å². The van der Waals surface area contributed by atoms with Gasteiger partial charge in [0.2, 0.25) is 17.7 Å². The Bertz CT molecular complexity index is 788. The van der Waals surface area contributed by atoms with Gasteiger partial charge in [0, 0.05) is 63.6 Å². The van der Waals surface area contributed by atoms with Gasteiger partial charge in [-0.1, -0.05) is 6.07 Å². The number of nitrogens with zero attached hydrogens (tertiary/aromatic N) is 2. The number of aromatic nitrogens is 1. The van der Waals surface area contributed by atoms with Crippen LogP contribution in [-0.2, 0) is 14.4 Å². The highest BCUT2D eigenvalue weighted by molar-refractivity contribution is 5.81. The van der Waals surface area contributed by atoms with Crippen LogP contribution in [-0.4, -0.2) is 53.4 Å². The Kier molecular flexibility index (Phi) is 5.11. The van der Waals surface area contributed by atoms with E-state index in [-0.39, 0.29) is 35.1 Å². The fraction of sp³-hybridized carbons (Fsp3) is 0.556. The Morgan fingerprint density at radius 3 is 2.54 bits per heavy atom. The van der Waals surface area contributed by atoms with E-state index in [1.165, 1.54) is 19.9 Å². The number of carbonyl (C=O) groups excluding carboxylic acids is 3. The number of carbonyl (C=O) groups is 3. The SMILES string of the molecule is CC(=O)NCCNC(=O)[C@H]1[C@H]2C[C@H](CN(C(C)=O)C2)c2cccc(=O)n21. The number of rotatable bonds is 4. The van der Waals surface area contributed by atoms with Crippen molar-refractivity contribution < 1.29 is 14.4 Å². The molecule has 0 aliphatic carbocycles. The number of likely N-dealkylation sites (tertiary alicyclic amines) is 1. The summed E-state index contributed by atoms with van der Waals surface area (Å²) in [5, 5.41) is 5.43. The van der Waals surface area contributed by atoms with E-state index in [0.29, 0.717) is 26.2 Å². The number of hydrogen-bond acceptors (Lipinski definition) is 4. The van der Waals surface area contributed by atoms with Gasteiger partial charge >= 0.3 is 0 Å². The number of pyridine rings is 1. The summed E-state index contributed by atoms with van der Waals surface area (Å²) in [5.41, 5.74) is 0.609. The first-order valence-electron chi connectivity index (χ1n) is 8.87. The third-order valence-corrected chi connectivity index (χ3v) is 5.16. The van der Waals surface area contributed by atoms with Crippen LogP contribution in [0.5, 0.6) is 0 Å². The molecule has 8 heteroatoms. The van der Waals surface area contributed by atoms with E-state index < -0.39 is 6.04 Å². The van der Waals surface area contributed by atoms with Crippen molar-refractivity contribution in [1.82, 2.24) is 20.1 Å². The third kappa shape index (κ3) is 3.49. The minimum atomic E-state index is -0.644. The first kappa shape index (κ1) is 18.2. The molecular formula is C18H24N4O4. The molecule has 0 radical (unpaired) electrons. The van der Waals surface area contributed by atoms with Crippen molar-refractivity contribution >= 4 is 17.7 Å². The van der Waals surface area contributed by atoms with Crippen LogP contribution in [0.2, 0.25) is 0 Å². The minimum Gasteiger partial charge on any atom is -0.355 e. The maximum atomic E-state index is 12.8. The van der Waals surface area contributed by atoms with E-state index in [0.717, 1.165) is 12.1 Å². The first-order chi connectivity index (χ1) is 12.4. The summed E-state index contributed by atoms with van der Waals surface area (Å²) in [6, 6.07) is 4.39. The van der Waals surface area contributed by atoms with E-state index in [4.69, 9.17) is 0 Å². The van der Waals surface area contributed by atoms with E-state index in [1.807, 2.05) is 6.07 Å². The summed E-state index contributed by atoms with van der Waals surface area (Å²) in [5.74, 6) is -0.471. The van der Waals surface area contributed by atoms with Crippen molar-refractivity contribution in [2.45, 2.75) is 32.2 Å². The van der Waals surface area contributed by atoms with Gasteiger partial charge in [-0.3, -0.25) is 23.7 Å². The predicted molar refractivity (Wildman–Crippen MR) is 94.5 cm³/mol. The fourth-order valence-corrected chi connectivity index (χ4v) is 4.06. The van der Waals surface area contributed by atoms with Crippen molar-refractivity contribution in [2.24, 2.45) is 5.92 Å². The lowest BCUT2D eigenvalue weighted by atomic mass is 9.78. The molecule has 3 heterocycles. The Labute approximate surface area is 151 Å². The molecular weight excluding hydrogens is 336 g/mol. The van der Waals surface area contributed by atoms with Gasteiger partial charge in [0.25, 0.3) is 5.56 Å². The van der Waals surface area contributed by atoms with Crippen LogP contribution < -0.4 is 16.2 Å². The van der Waals surface area contributed by atoms with E-state index in [9.17, 15) is 19.2 Å². The largest absolute Gasteiger partial charge is 0.355 e. The molecule has 0 unspecified atom stereocenters. The number of hydrogen-bond donors (Lipinski definition) is 2. The van der Waals surface area contributed by atoms with Crippen molar-refractivity contribution in [3.8, 4) is 0 Å². The maximum Gasteiger partial charge on any atom is 0.251 e. The molecule has 0 aromatic carbocycles. The number of piperidine rings is 1. The smallest absolute Gasteiger partial charge is 0.251 e. The lowest BCUT2D eigenvalue weighted by molar-refractivity contribution is -0.135. The predicted octanol–water partition coefficient (Wildman–Crippen LogP) is -0.393. The molecule has 3 amide bonds. The first-order valence-corrected chi connectivity index (χ1v) is 8.87. The van der Waals surface area contributed by atoms with Crippen molar-refractivity contribution in [3.05, 3.63) is 34.2 Å². The highest BCUT2D eigenvalue weighted by Crippen LogP contribution is 2.41. The average Bonchev–Trinajstić information content (AvgIpc) is 2.59. The second-order valence-electron chi connectivity index (χ2n) is 6.99. The molecule has 140 valence electrons. The molecule has 8 nitrogen and oxygen atoms in total. The van der Waals surface area contributed by atoms with Gasteiger partial charge in [0.1, 0.15) is 6.04 Å². The monoisotopic (exact) mass is 360 g/mol. The summed E-state index contributed by atoms with van der Waals surface area (Å²) >= 11 is 0.